The van der Waals surface area contributed by atoms with E-state index in [2.05, 4.69) is 18.8 Å². The lowest BCUT2D eigenvalue weighted by Gasteiger charge is -2.06. The van der Waals surface area contributed by atoms with Gasteiger partial charge in [-0.2, -0.15) is 0 Å². The molecule has 0 unspecified atom stereocenters. The van der Waals surface area contributed by atoms with Crippen LogP contribution in [-0.2, 0) is 6.42 Å². The molecule has 12 heavy (non-hydrogen) atoms. The fourth-order valence-corrected chi connectivity index (χ4v) is 1.17. The molecule has 0 atom stereocenters. The van der Waals surface area contributed by atoms with Crippen LogP contribution in [0.25, 0.3) is 0 Å². The number of hydrogen-bond donors (Lipinski definition) is 0. The molecule has 0 spiro atoms. The van der Waals surface area contributed by atoms with Crippen LogP contribution in [0, 0.1) is 18.7 Å². The Morgan fingerprint density at radius 3 is 2.67 bits per heavy atom. The molecule has 2 heteroatoms. The first-order valence-electron chi connectivity index (χ1n) is 4.20. The molecule has 1 nitrogen and oxygen atoms in total. The van der Waals surface area contributed by atoms with Crippen molar-refractivity contribution in [3.8, 4) is 0 Å². The Morgan fingerprint density at radius 1 is 1.50 bits per heavy atom. The fourth-order valence-electron chi connectivity index (χ4n) is 1.17. The zero-order valence-corrected chi connectivity index (χ0v) is 7.76. The number of nitrogens with zero attached hydrogens (tertiary/aromatic N) is 1. The van der Waals surface area contributed by atoms with E-state index >= 15 is 0 Å². The molecule has 0 aromatic carbocycles. The molecule has 1 rings (SSSR count). The van der Waals surface area contributed by atoms with Crippen LogP contribution < -0.4 is 0 Å². The second kappa shape index (κ2) is 3.65. The van der Waals surface area contributed by atoms with Gasteiger partial charge < -0.3 is 0 Å². The predicted octanol–water partition coefficient (Wildman–Crippen LogP) is 2.73. The summed E-state index contributed by atoms with van der Waals surface area (Å²) < 4.78 is 12.6. The summed E-state index contributed by atoms with van der Waals surface area (Å²) in [5, 5.41) is 0. The Morgan fingerprint density at radius 2 is 2.17 bits per heavy atom. The third-order valence-corrected chi connectivity index (χ3v) is 1.75. The highest BCUT2D eigenvalue weighted by Gasteiger charge is 2.03. The zero-order valence-electron chi connectivity index (χ0n) is 7.76. The van der Waals surface area contributed by atoms with Crippen LogP contribution in [0.2, 0.25) is 0 Å². The van der Waals surface area contributed by atoms with E-state index < -0.39 is 0 Å². The molecule has 1 aromatic heterocycles. The Balaban J connectivity index is 2.86. The molecule has 0 radical (unpaired) electrons. The molecule has 66 valence electrons. The lowest BCUT2D eigenvalue weighted by atomic mass is 10.0. The van der Waals surface area contributed by atoms with E-state index in [0.717, 1.165) is 17.7 Å². The molecule has 0 fully saturated rings. The second-order valence-corrected chi connectivity index (χ2v) is 3.52. The standard InChI is InChI=1S/C10H14FN/c1-7(2)4-10-8(3)5-9(11)6-12-10/h5-7H,4H2,1-3H3. The van der Waals surface area contributed by atoms with Gasteiger partial charge in [0.1, 0.15) is 5.82 Å². The van der Waals surface area contributed by atoms with Crippen molar-refractivity contribution in [3.63, 3.8) is 0 Å². The SMILES string of the molecule is Cc1cc(F)cnc1CC(C)C. The number of aryl methyl sites for hydroxylation is 1. The van der Waals surface area contributed by atoms with Crippen LogP contribution in [0.3, 0.4) is 0 Å². The van der Waals surface area contributed by atoms with Crippen LogP contribution in [0.4, 0.5) is 4.39 Å². The number of halogens is 1. The molecule has 1 heterocycles. The van der Waals surface area contributed by atoms with Gasteiger partial charge in [-0.25, -0.2) is 4.39 Å². The van der Waals surface area contributed by atoms with Crippen molar-refractivity contribution < 1.29 is 4.39 Å². The van der Waals surface area contributed by atoms with Gasteiger partial charge in [-0.3, -0.25) is 4.98 Å². The number of pyridine rings is 1. The average Bonchev–Trinajstić information content (AvgIpc) is 1.94. The maximum Gasteiger partial charge on any atom is 0.141 e. The predicted molar refractivity (Wildman–Crippen MR) is 47.5 cm³/mol. The topological polar surface area (TPSA) is 12.9 Å². The monoisotopic (exact) mass is 167 g/mol. The normalized spacial score (nSPS) is 10.8. The minimum Gasteiger partial charge on any atom is -0.258 e. The summed E-state index contributed by atoms with van der Waals surface area (Å²) in [6.07, 6.45) is 2.21. The van der Waals surface area contributed by atoms with Crippen LogP contribution in [0.1, 0.15) is 25.1 Å². The first-order valence-corrected chi connectivity index (χ1v) is 4.20. The fraction of sp³-hybridized carbons (Fsp3) is 0.500. The quantitative estimate of drug-likeness (QED) is 0.660. The van der Waals surface area contributed by atoms with Crippen LogP contribution in [0.15, 0.2) is 12.3 Å². The van der Waals surface area contributed by atoms with E-state index in [1.165, 1.54) is 12.3 Å². The summed E-state index contributed by atoms with van der Waals surface area (Å²) in [4.78, 5) is 4.04. The zero-order chi connectivity index (χ0) is 9.14. The maximum absolute atomic E-state index is 12.6. The summed E-state index contributed by atoms with van der Waals surface area (Å²) in [5.74, 6) is 0.321. The number of rotatable bonds is 2. The van der Waals surface area contributed by atoms with Gasteiger partial charge in [-0.1, -0.05) is 13.8 Å². The van der Waals surface area contributed by atoms with Crippen molar-refractivity contribution >= 4 is 0 Å². The Kier molecular flexibility index (Phi) is 2.79. The molecule has 0 bridgehead atoms. The second-order valence-electron chi connectivity index (χ2n) is 3.52. The Bertz CT molecular complexity index is 269. The summed E-state index contributed by atoms with van der Waals surface area (Å²) in [7, 11) is 0. The lowest BCUT2D eigenvalue weighted by molar-refractivity contribution is 0.602. The smallest absolute Gasteiger partial charge is 0.141 e. The highest BCUT2D eigenvalue weighted by molar-refractivity contribution is 5.18. The van der Waals surface area contributed by atoms with Crippen LogP contribution >= 0.6 is 0 Å². The molecule has 1 aromatic rings. The molecule has 0 saturated carbocycles. The van der Waals surface area contributed by atoms with Crippen molar-refractivity contribution in [2.24, 2.45) is 5.92 Å². The third-order valence-electron chi connectivity index (χ3n) is 1.75. The Labute approximate surface area is 72.6 Å². The van der Waals surface area contributed by atoms with Gasteiger partial charge in [-0.05, 0) is 30.9 Å². The average molecular weight is 167 g/mol. The Hall–Kier alpha value is -0.920. The van der Waals surface area contributed by atoms with E-state index in [-0.39, 0.29) is 5.82 Å². The summed E-state index contributed by atoms with van der Waals surface area (Å²) in [6, 6.07) is 1.53. The van der Waals surface area contributed by atoms with E-state index in [1.807, 2.05) is 6.92 Å². The van der Waals surface area contributed by atoms with Crippen molar-refractivity contribution in [1.82, 2.24) is 4.98 Å². The van der Waals surface area contributed by atoms with Crippen LogP contribution in [-0.4, -0.2) is 4.98 Å². The van der Waals surface area contributed by atoms with Crippen LogP contribution in [0.5, 0.6) is 0 Å². The lowest BCUT2D eigenvalue weighted by Crippen LogP contribution is -2.00. The minimum atomic E-state index is -0.250. The van der Waals surface area contributed by atoms with E-state index in [1.54, 1.807) is 0 Å². The van der Waals surface area contributed by atoms with Gasteiger partial charge in [0.25, 0.3) is 0 Å². The van der Waals surface area contributed by atoms with Gasteiger partial charge >= 0.3 is 0 Å². The number of hydrogen-bond acceptors (Lipinski definition) is 1. The molecule has 0 aliphatic rings. The summed E-state index contributed by atoms with van der Waals surface area (Å²) in [5.41, 5.74) is 1.95. The number of aromatic nitrogens is 1. The highest BCUT2D eigenvalue weighted by Crippen LogP contribution is 2.11. The molecule has 0 aliphatic carbocycles. The van der Waals surface area contributed by atoms with Crippen molar-refractivity contribution in [2.45, 2.75) is 27.2 Å². The molecule has 0 aliphatic heterocycles. The largest absolute Gasteiger partial charge is 0.258 e. The van der Waals surface area contributed by atoms with Crippen molar-refractivity contribution in [1.29, 1.82) is 0 Å². The summed E-state index contributed by atoms with van der Waals surface area (Å²) >= 11 is 0. The van der Waals surface area contributed by atoms with Crippen molar-refractivity contribution in [2.75, 3.05) is 0 Å². The summed E-state index contributed by atoms with van der Waals surface area (Å²) in [6.45, 7) is 6.16. The molecule has 0 N–H and O–H groups in total. The van der Waals surface area contributed by atoms with Gasteiger partial charge in [-0.15, -0.1) is 0 Å². The molecule has 0 saturated heterocycles. The van der Waals surface area contributed by atoms with Gasteiger partial charge in [0.15, 0.2) is 0 Å². The molecular weight excluding hydrogens is 153 g/mol. The first kappa shape index (κ1) is 9.17. The van der Waals surface area contributed by atoms with Gasteiger partial charge in [0.2, 0.25) is 0 Å². The van der Waals surface area contributed by atoms with Gasteiger partial charge in [0, 0.05) is 5.69 Å². The maximum atomic E-state index is 12.6. The first-order chi connectivity index (χ1) is 5.59. The third kappa shape index (κ3) is 2.29. The highest BCUT2D eigenvalue weighted by atomic mass is 19.1. The van der Waals surface area contributed by atoms with Gasteiger partial charge in [0.05, 0.1) is 6.20 Å². The molecule has 0 amide bonds. The van der Waals surface area contributed by atoms with E-state index in [0.29, 0.717) is 5.92 Å². The minimum absolute atomic E-state index is 0.250. The molecular formula is C10H14FN. The van der Waals surface area contributed by atoms with E-state index in [4.69, 9.17) is 0 Å². The van der Waals surface area contributed by atoms with E-state index in [9.17, 15) is 4.39 Å². The van der Waals surface area contributed by atoms with Crippen molar-refractivity contribution in [3.05, 3.63) is 29.3 Å².